The molecule has 0 spiro atoms. The molecule has 0 saturated carbocycles. The lowest BCUT2D eigenvalue weighted by atomic mass is 9.96. The van der Waals surface area contributed by atoms with E-state index < -0.39 is 6.04 Å². The van der Waals surface area contributed by atoms with Crippen LogP contribution in [-0.2, 0) is 16.1 Å². The van der Waals surface area contributed by atoms with Crippen molar-refractivity contribution in [3.05, 3.63) is 76.0 Å². The molecule has 4 rings (SSSR count). The molecule has 7 nitrogen and oxygen atoms in total. The van der Waals surface area contributed by atoms with Gasteiger partial charge in [0.1, 0.15) is 18.4 Å². The molecule has 0 aliphatic carbocycles. The fourth-order valence-electron chi connectivity index (χ4n) is 3.87. The van der Waals surface area contributed by atoms with Gasteiger partial charge >= 0.3 is 5.97 Å². The van der Waals surface area contributed by atoms with Crippen LogP contribution in [0.2, 0.25) is 5.02 Å². The van der Waals surface area contributed by atoms with Crippen molar-refractivity contribution < 1.29 is 14.3 Å². The SMILES string of the molecule is CCCCOC(=O)C1=C(C)Nc2nc(SCCC)nn2C1c1ccc(OCc2ccccc2Cl)cc1. The molecule has 36 heavy (non-hydrogen) atoms. The minimum absolute atomic E-state index is 0.346. The third kappa shape index (κ3) is 6.05. The van der Waals surface area contributed by atoms with Crippen LogP contribution in [0, 0.1) is 0 Å². The molecule has 2 aromatic carbocycles. The molecular formula is C27H31ClN4O3S. The van der Waals surface area contributed by atoms with Crippen LogP contribution < -0.4 is 10.1 Å². The summed E-state index contributed by atoms with van der Waals surface area (Å²) in [5.74, 6) is 1.89. The van der Waals surface area contributed by atoms with Gasteiger partial charge in [-0.2, -0.15) is 4.98 Å². The number of ether oxygens (including phenoxy) is 2. The number of rotatable bonds is 11. The van der Waals surface area contributed by atoms with Crippen LogP contribution in [0.4, 0.5) is 5.95 Å². The molecule has 0 fully saturated rings. The summed E-state index contributed by atoms with van der Waals surface area (Å²) in [6, 6.07) is 14.9. The van der Waals surface area contributed by atoms with Gasteiger partial charge in [-0.1, -0.05) is 74.0 Å². The molecule has 1 unspecified atom stereocenters. The monoisotopic (exact) mass is 526 g/mol. The molecule has 1 aromatic heterocycles. The Morgan fingerprint density at radius 3 is 2.64 bits per heavy atom. The Morgan fingerprint density at radius 2 is 1.92 bits per heavy atom. The summed E-state index contributed by atoms with van der Waals surface area (Å²) in [5.41, 5.74) is 3.05. The van der Waals surface area contributed by atoms with Gasteiger partial charge in [0.2, 0.25) is 11.1 Å². The predicted molar refractivity (Wildman–Crippen MR) is 144 cm³/mol. The first-order chi connectivity index (χ1) is 17.5. The number of esters is 1. The van der Waals surface area contributed by atoms with Crippen LogP contribution in [-0.4, -0.2) is 33.1 Å². The molecule has 0 bridgehead atoms. The van der Waals surface area contributed by atoms with E-state index in [0.29, 0.717) is 46.4 Å². The van der Waals surface area contributed by atoms with E-state index in [1.54, 1.807) is 16.4 Å². The van der Waals surface area contributed by atoms with E-state index in [1.807, 2.05) is 55.5 Å². The lowest BCUT2D eigenvalue weighted by molar-refractivity contribution is -0.139. The molecule has 2 heterocycles. The van der Waals surface area contributed by atoms with Gasteiger partial charge in [0.15, 0.2) is 0 Å². The number of carbonyl (C=O) groups is 1. The first-order valence-corrected chi connectivity index (χ1v) is 13.6. The molecule has 1 atom stereocenters. The van der Waals surface area contributed by atoms with Crippen LogP contribution in [0.3, 0.4) is 0 Å². The molecule has 0 saturated heterocycles. The summed E-state index contributed by atoms with van der Waals surface area (Å²) in [4.78, 5) is 17.8. The fraction of sp³-hybridized carbons (Fsp3) is 0.370. The molecule has 9 heteroatoms. The number of carbonyl (C=O) groups excluding carboxylic acids is 1. The molecule has 3 aromatic rings. The number of aromatic nitrogens is 3. The second-order valence-electron chi connectivity index (χ2n) is 8.52. The molecule has 1 N–H and O–H groups in total. The maximum Gasteiger partial charge on any atom is 0.338 e. The van der Waals surface area contributed by atoms with E-state index in [0.717, 1.165) is 36.1 Å². The summed E-state index contributed by atoms with van der Waals surface area (Å²) >= 11 is 7.85. The van der Waals surface area contributed by atoms with Crippen molar-refractivity contribution in [1.29, 1.82) is 0 Å². The summed E-state index contributed by atoms with van der Waals surface area (Å²) in [6.07, 6.45) is 2.79. The number of allylic oxidation sites excluding steroid dienone is 1. The summed E-state index contributed by atoms with van der Waals surface area (Å²) < 4.78 is 13.3. The number of anilines is 1. The van der Waals surface area contributed by atoms with Crippen LogP contribution in [0.1, 0.15) is 57.2 Å². The van der Waals surface area contributed by atoms with Gasteiger partial charge in [-0.3, -0.25) is 0 Å². The van der Waals surface area contributed by atoms with Gasteiger partial charge in [-0.25, -0.2) is 9.48 Å². The first kappa shape index (κ1) is 26.1. The van der Waals surface area contributed by atoms with Crippen molar-refractivity contribution in [1.82, 2.24) is 14.8 Å². The van der Waals surface area contributed by atoms with Gasteiger partial charge < -0.3 is 14.8 Å². The largest absolute Gasteiger partial charge is 0.489 e. The lowest BCUT2D eigenvalue weighted by Gasteiger charge is -2.28. The molecule has 0 radical (unpaired) electrons. The Labute approximate surface area is 221 Å². The zero-order chi connectivity index (χ0) is 25.5. The van der Waals surface area contributed by atoms with Crippen molar-refractivity contribution in [2.75, 3.05) is 17.7 Å². The number of nitrogens with one attached hydrogen (secondary N) is 1. The highest BCUT2D eigenvalue weighted by atomic mass is 35.5. The van der Waals surface area contributed by atoms with Crippen LogP contribution in [0.15, 0.2) is 65.0 Å². The highest BCUT2D eigenvalue weighted by Crippen LogP contribution is 2.37. The Bertz CT molecular complexity index is 1230. The minimum Gasteiger partial charge on any atom is -0.489 e. The van der Waals surface area contributed by atoms with E-state index in [4.69, 9.17) is 26.2 Å². The minimum atomic E-state index is -0.462. The Kier molecular flexibility index (Phi) is 8.93. The quantitative estimate of drug-likeness (QED) is 0.170. The topological polar surface area (TPSA) is 78.3 Å². The first-order valence-electron chi connectivity index (χ1n) is 12.2. The highest BCUT2D eigenvalue weighted by Gasteiger charge is 2.35. The summed E-state index contributed by atoms with van der Waals surface area (Å²) in [5, 5.41) is 9.34. The van der Waals surface area contributed by atoms with E-state index in [-0.39, 0.29) is 5.97 Å². The smallest absolute Gasteiger partial charge is 0.338 e. The summed E-state index contributed by atoms with van der Waals surface area (Å²) in [7, 11) is 0. The molecular weight excluding hydrogens is 496 g/mol. The van der Waals surface area contributed by atoms with Crippen molar-refractivity contribution in [3.63, 3.8) is 0 Å². The zero-order valence-corrected chi connectivity index (χ0v) is 22.4. The standard InChI is InChI=1S/C27H31ClN4O3S/c1-4-6-15-34-25(33)23-18(3)29-26-30-27(36-16-5-2)31-32(26)24(23)19-11-13-21(14-12-19)35-17-20-9-7-8-10-22(20)28/h7-14,24H,4-6,15-17H2,1-3H3,(H,29,30,31). The van der Waals surface area contributed by atoms with Crippen LogP contribution >= 0.6 is 23.4 Å². The number of thioether (sulfide) groups is 1. The number of benzene rings is 2. The van der Waals surface area contributed by atoms with Gasteiger partial charge in [-0.15, -0.1) is 5.10 Å². The van der Waals surface area contributed by atoms with Crippen LogP contribution in [0.25, 0.3) is 0 Å². The number of halogens is 1. The van der Waals surface area contributed by atoms with E-state index in [9.17, 15) is 4.79 Å². The molecule has 190 valence electrons. The normalized spacial score (nSPS) is 14.8. The fourth-order valence-corrected chi connectivity index (χ4v) is 4.74. The Morgan fingerprint density at radius 1 is 1.14 bits per heavy atom. The van der Waals surface area contributed by atoms with Crippen molar-refractivity contribution in [2.45, 2.75) is 57.8 Å². The van der Waals surface area contributed by atoms with Gasteiger partial charge in [0.05, 0.1) is 12.2 Å². The average Bonchev–Trinajstić information content (AvgIpc) is 3.29. The second kappa shape index (κ2) is 12.3. The third-order valence-electron chi connectivity index (χ3n) is 5.77. The van der Waals surface area contributed by atoms with Crippen molar-refractivity contribution in [2.24, 2.45) is 0 Å². The maximum atomic E-state index is 13.2. The van der Waals surface area contributed by atoms with E-state index >= 15 is 0 Å². The number of fused-ring (bicyclic) bond motifs is 1. The highest BCUT2D eigenvalue weighted by molar-refractivity contribution is 7.99. The van der Waals surface area contributed by atoms with Crippen molar-refractivity contribution in [3.8, 4) is 5.75 Å². The zero-order valence-electron chi connectivity index (χ0n) is 20.8. The summed E-state index contributed by atoms with van der Waals surface area (Å²) in [6.45, 7) is 6.81. The lowest BCUT2D eigenvalue weighted by Crippen LogP contribution is -2.29. The Balaban J connectivity index is 1.61. The van der Waals surface area contributed by atoms with E-state index in [1.165, 1.54) is 0 Å². The third-order valence-corrected chi connectivity index (χ3v) is 7.18. The van der Waals surface area contributed by atoms with Gasteiger partial charge in [0, 0.05) is 22.0 Å². The number of unbranched alkanes of at least 4 members (excludes halogenated alkanes) is 1. The number of hydrogen-bond acceptors (Lipinski definition) is 7. The maximum absolute atomic E-state index is 13.2. The Hall–Kier alpha value is -2.97. The number of hydrogen-bond donors (Lipinski definition) is 1. The average molecular weight is 527 g/mol. The predicted octanol–water partition coefficient (Wildman–Crippen LogP) is 6.64. The van der Waals surface area contributed by atoms with Gasteiger partial charge in [0.25, 0.3) is 0 Å². The molecule has 1 aliphatic heterocycles. The molecule has 1 aliphatic rings. The second-order valence-corrected chi connectivity index (χ2v) is 9.99. The van der Waals surface area contributed by atoms with Crippen LogP contribution in [0.5, 0.6) is 5.75 Å². The molecule has 0 amide bonds. The van der Waals surface area contributed by atoms with E-state index in [2.05, 4.69) is 24.1 Å². The number of nitrogens with zero attached hydrogens (tertiary/aromatic N) is 3. The van der Waals surface area contributed by atoms with Gasteiger partial charge in [-0.05, 0) is 43.5 Å². The van der Waals surface area contributed by atoms with Crippen molar-refractivity contribution >= 4 is 35.3 Å².